The molecule has 0 amide bonds. The molecule has 1 aromatic carbocycles. The lowest BCUT2D eigenvalue weighted by molar-refractivity contribution is 0.414. The van der Waals surface area contributed by atoms with Crippen LogP contribution in [0.1, 0.15) is 28.8 Å². The average Bonchev–Trinajstić information content (AvgIpc) is 3.09. The Bertz CT molecular complexity index is 654. The highest BCUT2D eigenvalue weighted by atomic mass is 32.1. The van der Waals surface area contributed by atoms with E-state index in [0.29, 0.717) is 6.54 Å². The van der Waals surface area contributed by atoms with Crippen LogP contribution in [0.2, 0.25) is 0 Å². The molecule has 5 nitrogen and oxygen atoms in total. The Morgan fingerprint density at radius 2 is 2.21 bits per heavy atom. The van der Waals surface area contributed by atoms with Crippen molar-refractivity contribution in [3.63, 3.8) is 0 Å². The van der Waals surface area contributed by atoms with Crippen molar-refractivity contribution in [2.75, 3.05) is 20.7 Å². The zero-order valence-electron chi connectivity index (χ0n) is 14.6. The van der Waals surface area contributed by atoms with Crippen molar-refractivity contribution in [1.82, 2.24) is 15.6 Å². The third-order valence-electron chi connectivity index (χ3n) is 3.65. The Balaban J connectivity index is 1.69. The van der Waals surface area contributed by atoms with Gasteiger partial charge in [-0.05, 0) is 37.0 Å². The van der Waals surface area contributed by atoms with Gasteiger partial charge in [0, 0.05) is 24.7 Å². The SMILES string of the molecule is CCc1cnc(CNC(=NC)NCCCc2cccc(OC)c2)s1. The fraction of sp³-hybridized carbons (Fsp3) is 0.444. The third-order valence-corrected chi connectivity index (χ3v) is 4.79. The molecule has 0 aliphatic heterocycles. The first-order chi connectivity index (χ1) is 11.7. The molecule has 24 heavy (non-hydrogen) atoms. The first kappa shape index (κ1) is 18.3. The van der Waals surface area contributed by atoms with Crippen LogP contribution in [-0.4, -0.2) is 31.6 Å². The maximum Gasteiger partial charge on any atom is 0.191 e. The van der Waals surface area contributed by atoms with E-state index in [9.17, 15) is 0 Å². The molecule has 6 heteroatoms. The number of aliphatic imine (C=N–C) groups is 1. The fourth-order valence-electron chi connectivity index (χ4n) is 2.30. The van der Waals surface area contributed by atoms with Gasteiger partial charge in [-0.2, -0.15) is 0 Å². The minimum Gasteiger partial charge on any atom is -0.497 e. The third kappa shape index (κ3) is 5.85. The molecule has 1 aromatic heterocycles. The maximum absolute atomic E-state index is 5.25. The molecule has 0 saturated heterocycles. The molecule has 130 valence electrons. The molecule has 0 saturated carbocycles. The largest absolute Gasteiger partial charge is 0.497 e. The number of nitrogens with one attached hydrogen (secondary N) is 2. The van der Waals surface area contributed by atoms with Crippen molar-refractivity contribution in [2.45, 2.75) is 32.7 Å². The van der Waals surface area contributed by atoms with Gasteiger partial charge in [-0.1, -0.05) is 19.1 Å². The summed E-state index contributed by atoms with van der Waals surface area (Å²) in [6.45, 7) is 3.72. The molecule has 0 spiro atoms. The van der Waals surface area contributed by atoms with E-state index in [4.69, 9.17) is 4.74 Å². The van der Waals surface area contributed by atoms with Crippen LogP contribution in [0.4, 0.5) is 0 Å². The van der Waals surface area contributed by atoms with Gasteiger partial charge in [0.05, 0.1) is 13.7 Å². The van der Waals surface area contributed by atoms with E-state index in [1.165, 1.54) is 10.4 Å². The van der Waals surface area contributed by atoms with Crippen molar-refractivity contribution in [3.8, 4) is 5.75 Å². The molecule has 0 radical (unpaired) electrons. The Kier molecular flexibility index (Phi) is 7.55. The van der Waals surface area contributed by atoms with Crippen molar-refractivity contribution in [3.05, 3.63) is 45.9 Å². The fourth-order valence-corrected chi connectivity index (χ4v) is 3.10. The second-order valence-corrected chi connectivity index (χ2v) is 6.58. The van der Waals surface area contributed by atoms with Gasteiger partial charge in [0.25, 0.3) is 0 Å². The number of benzene rings is 1. The zero-order chi connectivity index (χ0) is 17.2. The van der Waals surface area contributed by atoms with Gasteiger partial charge in [0.2, 0.25) is 0 Å². The molecule has 2 N–H and O–H groups in total. The van der Waals surface area contributed by atoms with E-state index in [1.807, 2.05) is 18.3 Å². The minimum absolute atomic E-state index is 0.709. The Hall–Kier alpha value is -2.08. The molecule has 0 atom stereocenters. The zero-order valence-corrected chi connectivity index (χ0v) is 15.4. The van der Waals surface area contributed by atoms with Gasteiger partial charge >= 0.3 is 0 Å². The van der Waals surface area contributed by atoms with Gasteiger partial charge < -0.3 is 15.4 Å². The summed E-state index contributed by atoms with van der Waals surface area (Å²) in [6, 6.07) is 8.21. The van der Waals surface area contributed by atoms with E-state index in [2.05, 4.69) is 39.7 Å². The van der Waals surface area contributed by atoms with Crippen LogP contribution >= 0.6 is 11.3 Å². The summed E-state index contributed by atoms with van der Waals surface area (Å²) in [5.41, 5.74) is 1.29. The molecule has 0 unspecified atom stereocenters. The van der Waals surface area contributed by atoms with E-state index in [0.717, 1.165) is 42.5 Å². The number of hydrogen-bond acceptors (Lipinski definition) is 4. The van der Waals surface area contributed by atoms with Crippen molar-refractivity contribution >= 4 is 17.3 Å². The maximum atomic E-state index is 5.25. The van der Waals surface area contributed by atoms with E-state index >= 15 is 0 Å². The first-order valence-electron chi connectivity index (χ1n) is 8.26. The number of hydrogen-bond donors (Lipinski definition) is 2. The Morgan fingerprint density at radius 1 is 1.33 bits per heavy atom. The molecule has 0 fully saturated rings. The van der Waals surface area contributed by atoms with Crippen LogP contribution in [0, 0.1) is 0 Å². The predicted molar refractivity (Wildman–Crippen MR) is 101 cm³/mol. The van der Waals surface area contributed by atoms with Crippen LogP contribution in [0.3, 0.4) is 0 Å². The normalized spacial score (nSPS) is 11.4. The number of aryl methyl sites for hydroxylation is 2. The van der Waals surface area contributed by atoms with Crippen molar-refractivity contribution in [2.24, 2.45) is 4.99 Å². The average molecular weight is 347 g/mol. The topological polar surface area (TPSA) is 58.5 Å². The number of nitrogens with zero attached hydrogens (tertiary/aromatic N) is 2. The second-order valence-electron chi connectivity index (χ2n) is 5.38. The summed E-state index contributed by atoms with van der Waals surface area (Å²) in [4.78, 5) is 9.97. The van der Waals surface area contributed by atoms with Crippen LogP contribution < -0.4 is 15.4 Å². The monoisotopic (exact) mass is 346 g/mol. The van der Waals surface area contributed by atoms with E-state index in [-0.39, 0.29) is 0 Å². The Morgan fingerprint density at radius 3 is 2.92 bits per heavy atom. The van der Waals surface area contributed by atoms with Gasteiger partial charge in [-0.3, -0.25) is 4.99 Å². The molecule has 2 aromatic rings. The minimum atomic E-state index is 0.709. The van der Waals surface area contributed by atoms with Gasteiger partial charge in [0.15, 0.2) is 5.96 Å². The lowest BCUT2D eigenvalue weighted by atomic mass is 10.1. The lowest BCUT2D eigenvalue weighted by Gasteiger charge is -2.11. The number of thiazole rings is 1. The number of ether oxygens (including phenoxy) is 1. The van der Waals surface area contributed by atoms with Crippen LogP contribution in [0.25, 0.3) is 0 Å². The number of rotatable bonds is 8. The highest BCUT2D eigenvalue weighted by molar-refractivity contribution is 7.11. The van der Waals surface area contributed by atoms with Gasteiger partial charge in [0.1, 0.15) is 10.8 Å². The summed E-state index contributed by atoms with van der Waals surface area (Å²) in [7, 11) is 3.49. The highest BCUT2D eigenvalue weighted by Gasteiger charge is 2.03. The van der Waals surface area contributed by atoms with Crippen LogP contribution in [-0.2, 0) is 19.4 Å². The van der Waals surface area contributed by atoms with E-state index < -0.39 is 0 Å². The first-order valence-corrected chi connectivity index (χ1v) is 9.07. The van der Waals surface area contributed by atoms with Gasteiger partial charge in [-0.25, -0.2) is 4.98 Å². The van der Waals surface area contributed by atoms with Crippen LogP contribution in [0.15, 0.2) is 35.5 Å². The Labute approximate surface area is 148 Å². The summed E-state index contributed by atoms with van der Waals surface area (Å²) >= 11 is 1.75. The summed E-state index contributed by atoms with van der Waals surface area (Å²) in [5, 5.41) is 7.74. The lowest BCUT2D eigenvalue weighted by Crippen LogP contribution is -2.37. The van der Waals surface area contributed by atoms with Gasteiger partial charge in [-0.15, -0.1) is 11.3 Å². The van der Waals surface area contributed by atoms with Crippen LogP contribution in [0.5, 0.6) is 5.75 Å². The van der Waals surface area contributed by atoms with Crippen molar-refractivity contribution in [1.29, 1.82) is 0 Å². The molecule has 0 aliphatic carbocycles. The molecular weight excluding hydrogens is 320 g/mol. The summed E-state index contributed by atoms with van der Waals surface area (Å²) in [6.07, 6.45) is 5.03. The molecule has 0 bridgehead atoms. The number of guanidine groups is 1. The number of aromatic nitrogens is 1. The molecule has 2 rings (SSSR count). The molecular formula is C18H26N4OS. The summed E-state index contributed by atoms with van der Waals surface area (Å²) in [5.74, 6) is 1.72. The molecule has 1 heterocycles. The second kappa shape index (κ2) is 9.93. The molecule has 0 aliphatic rings. The smallest absolute Gasteiger partial charge is 0.191 e. The quantitative estimate of drug-likeness (QED) is 0.438. The van der Waals surface area contributed by atoms with E-state index in [1.54, 1.807) is 25.5 Å². The number of methoxy groups -OCH3 is 1. The highest BCUT2D eigenvalue weighted by Crippen LogP contribution is 2.14. The summed E-state index contributed by atoms with van der Waals surface area (Å²) < 4.78 is 5.25. The standard InChI is InChI=1S/C18H26N4OS/c1-4-16-12-21-17(24-16)13-22-18(19-2)20-10-6-8-14-7-5-9-15(11-14)23-3/h5,7,9,11-12H,4,6,8,10,13H2,1-3H3,(H2,19,20,22). The predicted octanol–water partition coefficient (Wildman–Crippen LogP) is 3.01. The van der Waals surface area contributed by atoms with Crippen molar-refractivity contribution < 1.29 is 4.74 Å².